The fraction of sp³-hybridized carbons (Fsp3) is 0.292. The van der Waals surface area contributed by atoms with Gasteiger partial charge in [-0.1, -0.05) is 35.9 Å². The van der Waals surface area contributed by atoms with Gasteiger partial charge in [-0.3, -0.25) is 0 Å². The number of nitrogens with zero attached hydrogens (tertiary/aromatic N) is 1. The lowest BCUT2D eigenvalue weighted by molar-refractivity contribution is 0.911. The van der Waals surface area contributed by atoms with Gasteiger partial charge in [0, 0.05) is 18.3 Å². The van der Waals surface area contributed by atoms with Gasteiger partial charge in [-0.25, -0.2) is 4.98 Å². The highest BCUT2D eigenvalue weighted by Crippen LogP contribution is 2.31. The zero-order chi connectivity index (χ0) is 18.1. The summed E-state index contributed by atoms with van der Waals surface area (Å²) in [6.45, 7) is 7.30. The van der Waals surface area contributed by atoms with Crippen molar-refractivity contribution < 1.29 is 0 Å². The molecule has 1 heterocycles. The number of fused-ring (bicyclic) bond motifs is 1. The molecule has 0 fully saturated rings. The van der Waals surface area contributed by atoms with Crippen LogP contribution < -0.4 is 5.32 Å². The Kier molecular flexibility index (Phi) is 4.50. The number of benzene rings is 2. The van der Waals surface area contributed by atoms with Crippen LogP contribution in [0.3, 0.4) is 0 Å². The Hall–Kier alpha value is -2.61. The van der Waals surface area contributed by atoms with E-state index in [2.05, 4.69) is 73.5 Å². The molecule has 1 N–H and O–H groups in total. The van der Waals surface area contributed by atoms with Crippen LogP contribution in [0.25, 0.3) is 11.1 Å². The molecule has 0 amide bonds. The number of nitrogens with one attached hydrogen (secondary N) is 1. The van der Waals surface area contributed by atoms with Crippen LogP contribution in [-0.2, 0) is 19.4 Å². The Morgan fingerprint density at radius 3 is 2.46 bits per heavy atom. The predicted molar refractivity (Wildman–Crippen MR) is 110 cm³/mol. The normalized spacial score (nSPS) is 12.9. The zero-order valence-electron chi connectivity index (χ0n) is 15.9. The summed E-state index contributed by atoms with van der Waals surface area (Å²) in [5.41, 5.74) is 10.9. The van der Waals surface area contributed by atoms with Gasteiger partial charge >= 0.3 is 0 Å². The molecule has 2 heteroatoms. The predicted octanol–water partition coefficient (Wildman–Crippen LogP) is 5.77. The molecule has 1 aliphatic carbocycles. The van der Waals surface area contributed by atoms with Crippen molar-refractivity contribution in [3.8, 4) is 11.1 Å². The van der Waals surface area contributed by atoms with Crippen molar-refractivity contribution in [1.82, 2.24) is 4.98 Å². The Bertz CT molecular complexity index is 939. The third kappa shape index (κ3) is 3.37. The molecule has 0 bridgehead atoms. The van der Waals surface area contributed by atoms with E-state index < -0.39 is 0 Å². The second-order valence-electron chi connectivity index (χ2n) is 7.50. The summed E-state index contributed by atoms with van der Waals surface area (Å²) < 4.78 is 0. The molecule has 1 aromatic heterocycles. The van der Waals surface area contributed by atoms with Crippen LogP contribution in [0.5, 0.6) is 0 Å². The summed E-state index contributed by atoms with van der Waals surface area (Å²) in [5, 5.41) is 3.45. The third-order valence-corrected chi connectivity index (χ3v) is 5.48. The largest absolute Gasteiger partial charge is 0.366 e. The first-order chi connectivity index (χ1) is 12.6. The molecule has 0 saturated carbocycles. The lowest BCUT2D eigenvalue weighted by Crippen LogP contribution is -2.03. The van der Waals surface area contributed by atoms with Crippen molar-refractivity contribution in [2.24, 2.45) is 0 Å². The first-order valence-corrected chi connectivity index (χ1v) is 9.49. The zero-order valence-corrected chi connectivity index (χ0v) is 15.9. The number of rotatable bonds is 4. The number of anilines is 1. The van der Waals surface area contributed by atoms with Crippen molar-refractivity contribution in [2.75, 3.05) is 5.32 Å². The molecule has 0 saturated heterocycles. The van der Waals surface area contributed by atoms with Gasteiger partial charge in [-0.05, 0) is 85.5 Å². The summed E-state index contributed by atoms with van der Waals surface area (Å²) in [6, 6.07) is 15.6. The minimum atomic E-state index is 0.803. The molecule has 2 nitrogen and oxygen atoms in total. The summed E-state index contributed by atoms with van der Waals surface area (Å²) in [5.74, 6) is 0.925. The summed E-state index contributed by atoms with van der Waals surface area (Å²) >= 11 is 0. The highest BCUT2D eigenvalue weighted by Gasteiger charge is 2.14. The maximum atomic E-state index is 4.65. The maximum absolute atomic E-state index is 4.65. The van der Waals surface area contributed by atoms with Crippen molar-refractivity contribution in [1.29, 1.82) is 0 Å². The number of hydrogen-bond acceptors (Lipinski definition) is 2. The van der Waals surface area contributed by atoms with Crippen LogP contribution >= 0.6 is 0 Å². The molecule has 26 heavy (non-hydrogen) atoms. The molecule has 0 spiro atoms. The van der Waals surface area contributed by atoms with Gasteiger partial charge in [0.05, 0.1) is 0 Å². The van der Waals surface area contributed by atoms with Crippen LogP contribution in [0, 0.1) is 20.8 Å². The van der Waals surface area contributed by atoms with E-state index in [9.17, 15) is 0 Å². The molecule has 3 aromatic rings. The van der Waals surface area contributed by atoms with Crippen LogP contribution in [0.15, 0.2) is 48.7 Å². The second-order valence-corrected chi connectivity index (χ2v) is 7.50. The van der Waals surface area contributed by atoms with E-state index in [1.807, 2.05) is 6.20 Å². The lowest BCUT2D eigenvalue weighted by Gasteiger charge is -2.12. The number of pyridine rings is 1. The quantitative estimate of drug-likeness (QED) is 0.650. The van der Waals surface area contributed by atoms with Crippen molar-refractivity contribution in [3.63, 3.8) is 0 Å². The van der Waals surface area contributed by atoms with E-state index in [0.717, 1.165) is 12.4 Å². The minimum Gasteiger partial charge on any atom is -0.366 e. The first kappa shape index (κ1) is 16.8. The van der Waals surface area contributed by atoms with Gasteiger partial charge in [-0.15, -0.1) is 0 Å². The average Bonchev–Trinajstić information content (AvgIpc) is 3.09. The van der Waals surface area contributed by atoms with Crippen molar-refractivity contribution >= 4 is 5.82 Å². The Balaban J connectivity index is 1.51. The molecule has 0 unspecified atom stereocenters. The summed E-state index contributed by atoms with van der Waals surface area (Å²) in [4.78, 5) is 4.65. The van der Waals surface area contributed by atoms with E-state index in [-0.39, 0.29) is 0 Å². The van der Waals surface area contributed by atoms with Crippen LogP contribution in [-0.4, -0.2) is 4.98 Å². The second kappa shape index (κ2) is 6.95. The van der Waals surface area contributed by atoms with Gasteiger partial charge in [-0.2, -0.15) is 0 Å². The van der Waals surface area contributed by atoms with E-state index in [1.54, 1.807) is 0 Å². The standard InChI is InChI=1S/C24H26N2/c1-16-7-8-17(2)22(11-16)15-26-24-10-9-21(14-25-24)23-13-20-6-4-5-19(20)12-18(23)3/h7-14H,4-6,15H2,1-3H3,(H,25,26). The van der Waals surface area contributed by atoms with Crippen molar-refractivity contribution in [2.45, 2.75) is 46.6 Å². The SMILES string of the molecule is Cc1ccc(C)c(CNc2ccc(-c3cc4c(cc3C)CCC4)cn2)c1. The number of hydrogen-bond donors (Lipinski definition) is 1. The topological polar surface area (TPSA) is 24.9 Å². The van der Waals surface area contributed by atoms with Gasteiger partial charge in [0.2, 0.25) is 0 Å². The molecular formula is C24H26N2. The summed E-state index contributed by atoms with van der Waals surface area (Å²) in [6.07, 6.45) is 5.73. The molecule has 0 atom stereocenters. The van der Waals surface area contributed by atoms with Gasteiger partial charge in [0.25, 0.3) is 0 Å². The Morgan fingerprint density at radius 2 is 1.69 bits per heavy atom. The fourth-order valence-corrected chi connectivity index (χ4v) is 3.89. The molecular weight excluding hydrogens is 316 g/mol. The van der Waals surface area contributed by atoms with Gasteiger partial charge in [0.1, 0.15) is 5.82 Å². The maximum Gasteiger partial charge on any atom is 0.126 e. The van der Waals surface area contributed by atoms with Crippen LogP contribution in [0.2, 0.25) is 0 Å². The smallest absolute Gasteiger partial charge is 0.126 e. The van der Waals surface area contributed by atoms with E-state index >= 15 is 0 Å². The highest BCUT2D eigenvalue weighted by atomic mass is 15.0. The Labute approximate surface area is 156 Å². The van der Waals surface area contributed by atoms with E-state index in [0.29, 0.717) is 0 Å². The number of aromatic nitrogens is 1. The molecule has 4 rings (SSSR count). The van der Waals surface area contributed by atoms with Crippen molar-refractivity contribution in [3.05, 3.63) is 82.0 Å². The molecule has 0 radical (unpaired) electrons. The molecule has 2 aromatic carbocycles. The first-order valence-electron chi connectivity index (χ1n) is 9.49. The molecule has 0 aliphatic heterocycles. The lowest BCUT2D eigenvalue weighted by atomic mass is 9.96. The monoisotopic (exact) mass is 342 g/mol. The number of aryl methyl sites for hydroxylation is 5. The minimum absolute atomic E-state index is 0.803. The van der Waals surface area contributed by atoms with E-state index in [1.165, 1.54) is 63.8 Å². The molecule has 132 valence electrons. The Morgan fingerprint density at radius 1 is 0.885 bits per heavy atom. The summed E-state index contributed by atoms with van der Waals surface area (Å²) in [7, 11) is 0. The van der Waals surface area contributed by atoms with Gasteiger partial charge < -0.3 is 5.32 Å². The third-order valence-electron chi connectivity index (χ3n) is 5.48. The van der Waals surface area contributed by atoms with Crippen LogP contribution in [0.1, 0.15) is 39.8 Å². The highest BCUT2D eigenvalue weighted by molar-refractivity contribution is 5.69. The van der Waals surface area contributed by atoms with Crippen LogP contribution in [0.4, 0.5) is 5.82 Å². The van der Waals surface area contributed by atoms with Gasteiger partial charge in [0.15, 0.2) is 0 Å². The average molecular weight is 342 g/mol. The van der Waals surface area contributed by atoms with E-state index in [4.69, 9.17) is 0 Å². The fourth-order valence-electron chi connectivity index (χ4n) is 3.89. The molecule has 1 aliphatic rings.